The first-order chi connectivity index (χ1) is 10.1. The Balaban J connectivity index is 2.53. The minimum atomic E-state index is -0.441. The molecule has 1 rings (SSSR count). The molecular weight excluding hydrogens is 276 g/mol. The molecule has 4 nitrogen and oxygen atoms in total. The standard InChI is InChI=1S/C18H36N2O2/c1-17(2,3)12-13-19-14-10-8-7-9-11-15(14)20-16(21)22-18(4,5)6/h14-15,19H,7-13H2,1-6H3,(H,20,21). The smallest absolute Gasteiger partial charge is 0.407 e. The van der Waals surface area contributed by atoms with E-state index >= 15 is 0 Å². The Morgan fingerprint density at radius 2 is 1.59 bits per heavy atom. The zero-order valence-corrected chi connectivity index (χ0v) is 15.4. The second kappa shape index (κ2) is 8.19. The molecule has 0 bridgehead atoms. The topological polar surface area (TPSA) is 50.4 Å². The molecule has 0 radical (unpaired) electrons. The molecule has 0 aromatic rings. The number of hydrogen-bond acceptors (Lipinski definition) is 3. The number of amides is 1. The molecule has 1 aliphatic rings. The molecule has 4 heteroatoms. The number of alkyl carbamates (subject to hydrolysis) is 1. The van der Waals surface area contributed by atoms with E-state index in [4.69, 9.17) is 4.74 Å². The molecule has 2 atom stereocenters. The zero-order valence-electron chi connectivity index (χ0n) is 15.4. The van der Waals surface area contributed by atoms with E-state index < -0.39 is 5.60 Å². The molecule has 1 amide bonds. The molecule has 0 aliphatic heterocycles. The van der Waals surface area contributed by atoms with E-state index in [2.05, 4.69) is 31.4 Å². The predicted octanol–water partition coefficient (Wildman–Crippen LogP) is 4.24. The summed E-state index contributed by atoms with van der Waals surface area (Å²) in [6.07, 6.45) is 6.68. The quantitative estimate of drug-likeness (QED) is 0.763. The van der Waals surface area contributed by atoms with Gasteiger partial charge in [0.05, 0.1) is 0 Å². The van der Waals surface area contributed by atoms with Crippen molar-refractivity contribution in [2.45, 2.75) is 97.8 Å². The molecule has 0 aromatic heterocycles. The van der Waals surface area contributed by atoms with E-state index in [9.17, 15) is 4.79 Å². The third-order valence-electron chi connectivity index (χ3n) is 4.00. The van der Waals surface area contributed by atoms with Crippen LogP contribution in [0.5, 0.6) is 0 Å². The minimum absolute atomic E-state index is 0.178. The summed E-state index contributed by atoms with van der Waals surface area (Å²) in [6, 6.07) is 0.537. The maximum atomic E-state index is 12.1. The van der Waals surface area contributed by atoms with E-state index in [0.29, 0.717) is 11.5 Å². The molecule has 1 fully saturated rings. The molecule has 22 heavy (non-hydrogen) atoms. The Labute approximate surface area is 136 Å². The fourth-order valence-corrected chi connectivity index (χ4v) is 2.82. The van der Waals surface area contributed by atoms with Crippen molar-refractivity contribution < 1.29 is 9.53 Å². The molecule has 2 unspecified atom stereocenters. The van der Waals surface area contributed by atoms with Gasteiger partial charge in [0, 0.05) is 12.1 Å². The molecule has 0 saturated heterocycles. The van der Waals surface area contributed by atoms with Crippen LogP contribution in [0, 0.1) is 5.41 Å². The monoisotopic (exact) mass is 312 g/mol. The fraction of sp³-hybridized carbons (Fsp3) is 0.944. The summed E-state index contributed by atoms with van der Waals surface area (Å²) in [5.74, 6) is 0. The van der Waals surface area contributed by atoms with Crippen LogP contribution in [-0.2, 0) is 4.74 Å². The van der Waals surface area contributed by atoms with Gasteiger partial charge in [-0.05, 0) is 52.0 Å². The number of carbonyl (C=O) groups excluding carboxylic acids is 1. The molecule has 0 heterocycles. The van der Waals surface area contributed by atoms with Gasteiger partial charge in [0.15, 0.2) is 0 Å². The van der Waals surface area contributed by atoms with Gasteiger partial charge < -0.3 is 15.4 Å². The van der Waals surface area contributed by atoms with Crippen molar-refractivity contribution in [3.8, 4) is 0 Å². The van der Waals surface area contributed by atoms with Crippen molar-refractivity contribution in [2.24, 2.45) is 5.41 Å². The minimum Gasteiger partial charge on any atom is -0.444 e. The van der Waals surface area contributed by atoms with Crippen LogP contribution < -0.4 is 10.6 Å². The lowest BCUT2D eigenvalue weighted by atomic mass is 9.92. The highest BCUT2D eigenvalue weighted by atomic mass is 16.6. The van der Waals surface area contributed by atoms with Gasteiger partial charge in [0.25, 0.3) is 0 Å². The highest BCUT2D eigenvalue weighted by Gasteiger charge is 2.27. The Morgan fingerprint density at radius 3 is 2.14 bits per heavy atom. The normalized spacial score (nSPS) is 23.7. The summed E-state index contributed by atoms with van der Waals surface area (Å²) in [7, 11) is 0. The van der Waals surface area contributed by atoms with Crippen LogP contribution >= 0.6 is 0 Å². The number of nitrogens with one attached hydrogen (secondary N) is 2. The molecule has 130 valence electrons. The SMILES string of the molecule is CC(C)(C)CCNC1CCCCCC1NC(=O)OC(C)(C)C. The molecule has 1 aliphatic carbocycles. The van der Waals surface area contributed by atoms with Gasteiger partial charge in [-0.2, -0.15) is 0 Å². The highest BCUT2D eigenvalue weighted by molar-refractivity contribution is 5.68. The van der Waals surface area contributed by atoms with Crippen molar-refractivity contribution in [3.05, 3.63) is 0 Å². The van der Waals surface area contributed by atoms with Crippen LogP contribution in [-0.4, -0.2) is 30.3 Å². The second-order valence-electron chi connectivity index (χ2n) is 8.76. The van der Waals surface area contributed by atoms with E-state index in [0.717, 1.165) is 25.8 Å². The third-order valence-corrected chi connectivity index (χ3v) is 4.00. The Hall–Kier alpha value is -0.770. The van der Waals surface area contributed by atoms with Gasteiger partial charge in [-0.1, -0.05) is 40.0 Å². The average Bonchev–Trinajstić information content (AvgIpc) is 2.51. The van der Waals surface area contributed by atoms with Crippen molar-refractivity contribution in [1.29, 1.82) is 0 Å². The van der Waals surface area contributed by atoms with Crippen molar-refractivity contribution in [3.63, 3.8) is 0 Å². The Kier molecular flexibility index (Phi) is 7.17. The van der Waals surface area contributed by atoms with Crippen LogP contribution in [0.25, 0.3) is 0 Å². The molecule has 1 saturated carbocycles. The van der Waals surface area contributed by atoms with Gasteiger partial charge in [-0.3, -0.25) is 0 Å². The van der Waals surface area contributed by atoms with Crippen molar-refractivity contribution in [1.82, 2.24) is 10.6 Å². The van der Waals surface area contributed by atoms with Crippen LogP contribution in [0.2, 0.25) is 0 Å². The summed E-state index contributed by atoms with van der Waals surface area (Å²) >= 11 is 0. The van der Waals surface area contributed by atoms with Crippen LogP contribution in [0.1, 0.15) is 80.1 Å². The lowest BCUT2D eigenvalue weighted by molar-refractivity contribution is 0.0489. The average molecular weight is 312 g/mol. The summed E-state index contributed by atoms with van der Waals surface area (Å²) in [5.41, 5.74) is -0.101. The van der Waals surface area contributed by atoms with Crippen LogP contribution in [0.3, 0.4) is 0 Å². The van der Waals surface area contributed by atoms with Gasteiger partial charge in [0.2, 0.25) is 0 Å². The lowest BCUT2D eigenvalue weighted by Crippen LogP contribution is -2.51. The first-order valence-corrected chi connectivity index (χ1v) is 8.80. The fourth-order valence-electron chi connectivity index (χ4n) is 2.82. The third kappa shape index (κ3) is 8.62. The molecule has 0 spiro atoms. The zero-order chi connectivity index (χ0) is 16.8. The first kappa shape index (κ1) is 19.3. The van der Waals surface area contributed by atoms with Crippen molar-refractivity contribution >= 4 is 6.09 Å². The first-order valence-electron chi connectivity index (χ1n) is 8.80. The maximum absolute atomic E-state index is 12.1. The summed E-state index contributed by atoms with van der Waals surface area (Å²) < 4.78 is 5.41. The van der Waals surface area contributed by atoms with E-state index in [1.165, 1.54) is 19.3 Å². The molecule has 2 N–H and O–H groups in total. The number of rotatable bonds is 4. The van der Waals surface area contributed by atoms with Gasteiger partial charge >= 0.3 is 6.09 Å². The maximum Gasteiger partial charge on any atom is 0.407 e. The summed E-state index contributed by atoms with van der Waals surface area (Å²) in [6.45, 7) is 13.5. The Bertz CT molecular complexity index is 342. The van der Waals surface area contributed by atoms with E-state index in [1.54, 1.807) is 0 Å². The van der Waals surface area contributed by atoms with Crippen molar-refractivity contribution in [2.75, 3.05) is 6.54 Å². The molecule has 0 aromatic carbocycles. The second-order valence-corrected chi connectivity index (χ2v) is 8.76. The molecular formula is C18H36N2O2. The number of hydrogen-bond donors (Lipinski definition) is 2. The van der Waals surface area contributed by atoms with Gasteiger partial charge in [-0.15, -0.1) is 0 Å². The summed E-state index contributed by atoms with van der Waals surface area (Å²) in [4.78, 5) is 12.1. The van der Waals surface area contributed by atoms with E-state index in [-0.39, 0.29) is 12.1 Å². The number of carbonyl (C=O) groups is 1. The Morgan fingerprint density at radius 1 is 1.00 bits per heavy atom. The van der Waals surface area contributed by atoms with Crippen LogP contribution in [0.15, 0.2) is 0 Å². The predicted molar refractivity (Wildman–Crippen MR) is 92.1 cm³/mol. The van der Waals surface area contributed by atoms with Crippen LogP contribution in [0.4, 0.5) is 4.79 Å². The van der Waals surface area contributed by atoms with E-state index in [1.807, 2.05) is 20.8 Å². The number of ether oxygens (including phenoxy) is 1. The van der Waals surface area contributed by atoms with Gasteiger partial charge in [0.1, 0.15) is 5.60 Å². The van der Waals surface area contributed by atoms with Gasteiger partial charge in [-0.25, -0.2) is 4.79 Å². The largest absolute Gasteiger partial charge is 0.444 e. The lowest BCUT2D eigenvalue weighted by Gasteiger charge is -2.30. The highest BCUT2D eigenvalue weighted by Crippen LogP contribution is 2.21. The summed E-state index contributed by atoms with van der Waals surface area (Å²) in [5, 5.41) is 6.76.